The lowest BCUT2D eigenvalue weighted by atomic mass is 9.47. The second-order valence-electron chi connectivity index (χ2n) is 27.6. The smallest absolute Gasteiger partial charge is 0.0690 e. The summed E-state index contributed by atoms with van der Waals surface area (Å²) in [4.78, 5) is 0. The molecule has 0 aliphatic heterocycles. The van der Waals surface area contributed by atoms with Crippen LogP contribution in [0.3, 0.4) is 0 Å². The molecule has 8 rings (SSSR count). The molecule has 67 heavy (non-hydrogen) atoms. The molecule has 384 valence electrons. The Morgan fingerprint density at radius 1 is 0.507 bits per heavy atom. The summed E-state index contributed by atoms with van der Waals surface area (Å²) in [6.07, 6.45) is 36.9. The summed E-state index contributed by atoms with van der Waals surface area (Å²) in [5, 5.41) is 0. The highest BCUT2D eigenvalue weighted by molar-refractivity contribution is 14.1. The van der Waals surface area contributed by atoms with Crippen LogP contribution >= 0.6 is 45.2 Å². The van der Waals surface area contributed by atoms with Gasteiger partial charge in [-0.3, -0.25) is 0 Å². The Morgan fingerprint density at radius 3 is 1.30 bits per heavy atom. The molecule has 0 spiro atoms. The molecule has 0 saturated heterocycles. The van der Waals surface area contributed by atoms with Crippen LogP contribution in [-0.4, -0.2) is 45.5 Å². The summed E-state index contributed by atoms with van der Waals surface area (Å²) in [6.45, 7) is 31.8. The Kier molecular flexibility index (Phi) is 18.0. The maximum atomic E-state index is 6.94. The third-order valence-electron chi connectivity index (χ3n) is 22.9. The van der Waals surface area contributed by atoms with Gasteiger partial charge in [0.1, 0.15) is 0 Å². The highest BCUT2D eigenvalue weighted by Gasteiger charge is 2.61. The molecule has 0 bridgehead atoms. The van der Waals surface area contributed by atoms with Crippen LogP contribution in [-0.2, 0) is 14.2 Å². The first-order valence-electron chi connectivity index (χ1n) is 29.3. The van der Waals surface area contributed by atoms with E-state index >= 15 is 0 Å². The minimum absolute atomic E-state index is 0.192. The Morgan fingerprint density at radius 2 is 0.910 bits per heavy atom. The van der Waals surface area contributed by atoms with Crippen LogP contribution in [0, 0.1) is 92.7 Å². The number of allylic oxidation sites excluding steroid dienone is 2. The normalized spacial score (nSPS) is 43.1. The summed E-state index contributed by atoms with van der Waals surface area (Å²) in [6, 6.07) is 0. The minimum Gasteiger partial charge on any atom is -0.379 e. The summed E-state index contributed by atoms with van der Waals surface area (Å²) in [7, 11) is 0. The lowest BCUT2D eigenvalue weighted by Crippen LogP contribution is -2.51. The van der Waals surface area contributed by atoms with Gasteiger partial charge in [-0.25, -0.2) is 0 Å². The van der Waals surface area contributed by atoms with Crippen LogP contribution in [0.1, 0.15) is 224 Å². The van der Waals surface area contributed by atoms with Crippen LogP contribution in [0.15, 0.2) is 23.3 Å². The number of ether oxygens (including phenoxy) is 3. The van der Waals surface area contributed by atoms with Gasteiger partial charge in [0, 0.05) is 0 Å². The lowest BCUT2D eigenvalue weighted by Gasteiger charge is -2.58. The van der Waals surface area contributed by atoms with E-state index in [4.69, 9.17) is 14.2 Å². The van der Waals surface area contributed by atoms with Crippen molar-refractivity contribution < 1.29 is 14.2 Å². The molecular formula is C62H104I2O3. The lowest BCUT2D eigenvalue weighted by molar-refractivity contribution is -0.0772. The summed E-state index contributed by atoms with van der Waals surface area (Å²) >= 11 is 5.23. The SMILES string of the molecule is CC(C)CCC[C@@H](C)[C@H]1CC[C@H]2[C@@H]3CC=C4CC(OC(C)C(I)COCC(I)C(C)OC5CC[C@@]6(C)C(=CC[C@H]7[C@@H]8CC[C@H]([C@H](C)CCCC(C)C)[C@@]8(C)CC[C@@H]76)C5)CC[C@]4(C)[C@H]3CC[C@]12C. The van der Waals surface area contributed by atoms with Crippen molar-refractivity contribution in [2.75, 3.05) is 13.2 Å². The topological polar surface area (TPSA) is 27.7 Å². The molecule has 20 atom stereocenters. The monoisotopic (exact) mass is 1150 g/mol. The summed E-state index contributed by atoms with van der Waals surface area (Å²) in [5.41, 5.74) is 5.40. The van der Waals surface area contributed by atoms with Gasteiger partial charge < -0.3 is 14.2 Å². The van der Waals surface area contributed by atoms with E-state index in [9.17, 15) is 0 Å². The standard InChI is InChI=1S/C62H104I2O3/c1-39(2)15-13-17-41(5)51-23-25-53-49-21-19-45-35-47(27-31-59(45,9)55(49)29-33-61(51,53)11)66-43(7)57(63)37-65-38-58(64)44(8)67-48-28-32-60(10)46(36-48)20-22-50-54-26-24-52(42(6)18-14-16-40(3)4)62(54,12)34-30-56(50)60/h19-20,39-44,47-58H,13-18,21-38H2,1-12H3/t41-,42-,43?,44?,47?,48?,49+,50+,51-,52-,53+,54+,55+,56+,57?,58?,59+,60+,61-,62-/m1/s1. The molecule has 6 fully saturated rings. The maximum absolute atomic E-state index is 6.94. The van der Waals surface area contributed by atoms with Crippen molar-refractivity contribution in [1.82, 2.24) is 0 Å². The van der Waals surface area contributed by atoms with Crippen molar-refractivity contribution in [1.29, 1.82) is 0 Å². The van der Waals surface area contributed by atoms with Gasteiger partial charge in [-0.2, -0.15) is 0 Å². The molecular weight excluding hydrogens is 1050 g/mol. The quantitative estimate of drug-likeness (QED) is 0.0691. The van der Waals surface area contributed by atoms with E-state index in [1.165, 1.54) is 128 Å². The van der Waals surface area contributed by atoms with Gasteiger partial charge in [0.2, 0.25) is 0 Å². The molecule has 0 aromatic rings. The van der Waals surface area contributed by atoms with Gasteiger partial charge in [0.25, 0.3) is 0 Å². The summed E-state index contributed by atoms with van der Waals surface area (Å²) in [5.74, 6) is 10.7. The third-order valence-corrected chi connectivity index (χ3v) is 25.7. The van der Waals surface area contributed by atoms with E-state index in [0.717, 1.165) is 97.1 Å². The van der Waals surface area contributed by atoms with E-state index in [0.29, 0.717) is 41.7 Å². The van der Waals surface area contributed by atoms with Gasteiger partial charge in [0.15, 0.2) is 0 Å². The molecule has 0 aromatic heterocycles. The molecule has 0 heterocycles. The number of hydrogen-bond acceptors (Lipinski definition) is 3. The Balaban J connectivity index is 0.758. The highest BCUT2D eigenvalue weighted by atomic mass is 127. The van der Waals surface area contributed by atoms with Crippen LogP contribution < -0.4 is 0 Å². The highest BCUT2D eigenvalue weighted by Crippen LogP contribution is 2.69. The Labute approximate surface area is 441 Å². The first-order chi connectivity index (χ1) is 31.8. The fourth-order valence-corrected chi connectivity index (χ4v) is 19.7. The molecule has 5 heteroatoms. The predicted octanol–water partition coefficient (Wildman–Crippen LogP) is 18.2. The van der Waals surface area contributed by atoms with E-state index < -0.39 is 0 Å². The second kappa shape index (κ2) is 22.3. The van der Waals surface area contributed by atoms with Gasteiger partial charge in [-0.1, -0.05) is 176 Å². The molecule has 6 unspecified atom stereocenters. The molecule has 0 N–H and O–H groups in total. The van der Waals surface area contributed by atoms with Gasteiger partial charge in [-0.05, 0) is 209 Å². The van der Waals surface area contributed by atoms with Crippen molar-refractivity contribution in [3.8, 4) is 0 Å². The minimum atomic E-state index is 0.192. The van der Waals surface area contributed by atoms with Crippen LogP contribution in [0.25, 0.3) is 0 Å². The fraction of sp³-hybridized carbons (Fsp3) is 0.935. The van der Waals surface area contributed by atoms with E-state index in [-0.39, 0.29) is 12.2 Å². The van der Waals surface area contributed by atoms with Gasteiger partial charge in [-0.15, -0.1) is 0 Å². The van der Waals surface area contributed by atoms with Crippen molar-refractivity contribution in [2.24, 2.45) is 92.7 Å². The number of fused-ring (bicyclic) bond motifs is 10. The molecule has 6 saturated carbocycles. The van der Waals surface area contributed by atoms with Crippen molar-refractivity contribution >= 4 is 45.2 Å². The second-order valence-corrected chi connectivity index (χ2v) is 30.8. The Bertz CT molecular complexity index is 1570. The van der Waals surface area contributed by atoms with Gasteiger partial charge in [0.05, 0.1) is 45.5 Å². The molecule has 0 amide bonds. The van der Waals surface area contributed by atoms with Crippen molar-refractivity contribution in [3.63, 3.8) is 0 Å². The first-order valence-corrected chi connectivity index (χ1v) is 31.8. The van der Waals surface area contributed by atoms with Crippen molar-refractivity contribution in [3.05, 3.63) is 23.3 Å². The average Bonchev–Trinajstić information content (AvgIpc) is 3.83. The van der Waals surface area contributed by atoms with Crippen LogP contribution in [0.2, 0.25) is 0 Å². The average molecular weight is 1150 g/mol. The van der Waals surface area contributed by atoms with E-state index in [1.54, 1.807) is 11.1 Å². The largest absolute Gasteiger partial charge is 0.379 e. The fourth-order valence-electron chi connectivity index (χ4n) is 18.9. The van der Waals surface area contributed by atoms with E-state index in [2.05, 4.69) is 140 Å². The number of rotatable bonds is 20. The zero-order chi connectivity index (χ0) is 48.1. The number of halogens is 2. The third kappa shape index (κ3) is 11.1. The van der Waals surface area contributed by atoms with Gasteiger partial charge >= 0.3 is 0 Å². The zero-order valence-electron chi connectivity index (χ0n) is 45.5. The Hall–Kier alpha value is 0.820. The molecule has 8 aliphatic carbocycles. The molecule has 0 aromatic carbocycles. The van der Waals surface area contributed by atoms with E-state index in [1.807, 2.05) is 0 Å². The summed E-state index contributed by atoms with van der Waals surface area (Å²) < 4.78 is 21.1. The van der Waals surface area contributed by atoms with Crippen LogP contribution in [0.4, 0.5) is 0 Å². The molecule has 0 radical (unpaired) electrons. The predicted molar refractivity (Wildman–Crippen MR) is 301 cm³/mol. The first kappa shape index (κ1) is 54.1. The molecule has 8 aliphatic rings. The maximum Gasteiger partial charge on any atom is 0.0690 e. The van der Waals surface area contributed by atoms with Crippen LogP contribution in [0.5, 0.6) is 0 Å². The van der Waals surface area contributed by atoms with Crippen molar-refractivity contribution in [2.45, 2.75) is 257 Å². The number of alkyl halides is 2. The molecule has 3 nitrogen and oxygen atoms in total. The zero-order valence-corrected chi connectivity index (χ0v) is 49.8. The number of hydrogen-bond donors (Lipinski definition) is 0.